The molecule has 0 amide bonds. The van der Waals surface area contributed by atoms with Crippen LogP contribution < -0.4 is 0 Å². The predicted molar refractivity (Wildman–Crippen MR) is 112 cm³/mol. The van der Waals surface area contributed by atoms with Crippen molar-refractivity contribution in [3.63, 3.8) is 0 Å². The molecule has 0 saturated carbocycles. The number of aliphatic hydroxyl groups is 1. The van der Waals surface area contributed by atoms with Gasteiger partial charge in [-0.25, -0.2) is 4.79 Å². The van der Waals surface area contributed by atoms with E-state index >= 15 is 0 Å². The second-order valence-electron chi connectivity index (χ2n) is 7.70. The fourth-order valence-electron chi connectivity index (χ4n) is 3.92. The SMILES string of the molecule is COC(=O)C1=COC=C(C2=CC(C)=CC(C(O)C(=O)C(OC)(c3ccccc3)C(F)(F)F)C2)O1. The molecular weight excluding hydrogens is 457 g/mol. The van der Waals surface area contributed by atoms with Crippen LogP contribution in [0.3, 0.4) is 0 Å². The number of alkyl halides is 3. The molecule has 10 heteroatoms. The fraction of sp³-hybridized carbons (Fsp3) is 0.333. The van der Waals surface area contributed by atoms with Crippen molar-refractivity contribution in [1.29, 1.82) is 0 Å². The summed E-state index contributed by atoms with van der Waals surface area (Å²) in [6.45, 7) is 1.65. The van der Waals surface area contributed by atoms with Gasteiger partial charge < -0.3 is 24.1 Å². The maximum absolute atomic E-state index is 14.3. The molecule has 0 aromatic heterocycles. The molecule has 1 N–H and O–H groups in total. The van der Waals surface area contributed by atoms with E-state index < -0.39 is 41.1 Å². The second-order valence-corrected chi connectivity index (χ2v) is 7.70. The fourth-order valence-corrected chi connectivity index (χ4v) is 3.92. The highest BCUT2D eigenvalue weighted by molar-refractivity contribution is 5.93. The average molecular weight is 480 g/mol. The summed E-state index contributed by atoms with van der Waals surface area (Å²) < 4.78 is 62.8. The Morgan fingerprint density at radius 2 is 1.82 bits per heavy atom. The third-order valence-electron chi connectivity index (χ3n) is 5.51. The number of esters is 1. The molecule has 0 saturated heterocycles. The van der Waals surface area contributed by atoms with E-state index in [-0.39, 0.29) is 17.9 Å². The van der Waals surface area contributed by atoms with Crippen LogP contribution in [-0.2, 0) is 34.1 Å². The molecule has 1 aromatic carbocycles. The number of methoxy groups -OCH3 is 2. The zero-order valence-electron chi connectivity index (χ0n) is 18.6. The summed E-state index contributed by atoms with van der Waals surface area (Å²) in [6.07, 6.45) is -1.91. The summed E-state index contributed by atoms with van der Waals surface area (Å²) in [5.74, 6) is -3.52. The molecule has 1 aliphatic heterocycles. The van der Waals surface area contributed by atoms with E-state index in [1.165, 1.54) is 30.5 Å². The van der Waals surface area contributed by atoms with Gasteiger partial charge in [0.1, 0.15) is 18.6 Å². The van der Waals surface area contributed by atoms with Crippen LogP contribution in [-0.4, -0.2) is 43.4 Å². The predicted octanol–water partition coefficient (Wildman–Crippen LogP) is 3.82. The van der Waals surface area contributed by atoms with E-state index in [9.17, 15) is 27.9 Å². The number of hydrogen-bond donors (Lipinski definition) is 1. The van der Waals surface area contributed by atoms with Gasteiger partial charge in [-0.1, -0.05) is 48.1 Å². The summed E-state index contributed by atoms with van der Waals surface area (Å²) >= 11 is 0. The van der Waals surface area contributed by atoms with Crippen LogP contribution in [0, 0.1) is 5.92 Å². The van der Waals surface area contributed by atoms with Gasteiger partial charge in [-0.15, -0.1) is 0 Å². The lowest BCUT2D eigenvalue weighted by Crippen LogP contribution is -2.56. The first-order valence-corrected chi connectivity index (χ1v) is 10.2. The highest BCUT2D eigenvalue weighted by atomic mass is 19.4. The highest BCUT2D eigenvalue weighted by Crippen LogP contribution is 2.45. The van der Waals surface area contributed by atoms with E-state index in [0.29, 0.717) is 11.1 Å². The van der Waals surface area contributed by atoms with Crippen LogP contribution in [0.5, 0.6) is 0 Å². The standard InChI is InChI=1S/C24H23F3O7/c1-14-9-15(18-12-33-13-19(34-18)22(30)31-2)11-16(10-14)20(28)21(29)23(32-3,24(25,26)27)17-7-5-4-6-8-17/h4-10,12-13,16,20,28H,11H2,1-3H3. The minimum absolute atomic E-state index is 0.0691. The molecule has 0 radical (unpaired) electrons. The number of rotatable bonds is 7. The molecule has 7 nitrogen and oxygen atoms in total. The minimum Gasteiger partial charge on any atom is -0.465 e. The van der Waals surface area contributed by atoms with Gasteiger partial charge in [-0.05, 0) is 18.9 Å². The Kier molecular flexibility index (Phi) is 7.32. The number of Topliss-reactive ketones (excluding diaryl/α,β-unsaturated/α-hetero) is 1. The van der Waals surface area contributed by atoms with Crippen LogP contribution in [0.1, 0.15) is 18.9 Å². The zero-order valence-corrected chi connectivity index (χ0v) is 18.6. The summed E-state index contributed by atoms with van der Waals surface area (Å²) in [6, 6.07) is 6.43. The van der Waals surface area contributed by atoms with Crippen LogP contribution >= 0.6 is 0 Å². The van der Waals surface area contributed by atoms with Crippen LogP contribution in [0.4, 0.5) is 13.2 Å². The molecule has 1 aromatic rings. The van der Waals surface area contributed by atoms with Crippen LogP contribution in [0.2, 0.25) is 0 Å². The van der Waals surface area contributed by atoms with Crippen molar-refractivity contribution in [2.24, 2.45) is 5.92 Å². The maximum Gasteiger partial charge on any atom is 0.429 e. The Morgan fingerprint density at radius 3 is 2.41 bits per heavy atom. The van der Waals surface area contributed by atoms with Gasteiger partial charge in [-0.3, -0.25) is 4.79 Å². The number of benzene rings is 1. The van der Waals surface area contributed by atoms with Crippen LogP contribution in [0.15, 0.2) is 77.7 Å². The van der Waals surface area contributed by atoms with Crippen LogP contribution in [0.25, 0.3) is 0 Å². The van der Waals surface area contributed by atoms with Gasteiger partial charge in [0.15, 0.2) is 5.76 Å². The van der Waals surface area contributed by atoms with Gasteiger partial charge in [0.05, 0.1) is 7.11 Å². The Bertz CT molecular complexity index is 1070. The first-order chi connectivity index (χ1) is 16.0. The maximum atomic E-state index is 14.3. The largest absolute Gasteiger partial charge is 0.465 e. The molecule has 3 rings (SSSR count). The zero-order chi connectivity index (χ0) is 25.1. The Labute approximate surface area is 193 Å². The molecule has 1 heterocycles. The number of ether oxygens (including phenoxy) is 4. The molecule has 182 valence electrons. The Balaban J connectivity index is 1.90. The lowest BCUT2D eigenvalue weighted by molar-refractivity contribution is -0.268. The van der Waals surface area contributed by atoms with E-state index in [1.54, 1.807) is 13.0 Å². The van der Waals surface area contributed by atoms with E-state index in [0.717, 1.165) is 32.6 Å². The molecule has 0 spiro atoms. The number of ketones is 1. The van der Waals surface area contributed by atoms with E-state index in [2.05, 4.69) is 4.74 Å². The quantitative estimate of drug-likeness (QED) is 0.594. The molecular formula is C24H23F3O7. The third kappa shape index (κ3) is 4.64. The Morgan fingerprint density at radius 1 is 1.15 bits per heavy atom. The van der Waals surface area contributed by atoms with Gasteiger partial charge in [-0.2, -0.15) is 13.2 Å². The molecule has 2 aliphatic rings. The number of carbonyl (C=O) groups excluding carboxylic acids is 2. The van der Waals surface area contributed by atoms with Crippen molar-refractivity contribution in [1.82, 2.24) is 0 Å². The summed E-state index contributed by atoms with van der Waals surface area (Å²) in [5.41, 5.74) is -2.84. The van der Waals surface area contributed by atoms with Gasteiger partial charge in [0.2, 0.25) is 17.1 Å². The molecule has 0 fully saturated rings. The van der Waals surface area contributed by atoms with Crippen molar-refractivity contribution in [2.45, 2.75) is 31.2 Å². The third-order valence-corrected chi connectivity index (χ3v) is 5.51. The highest BCUT2D eigenvalue weighted by Gasteiger charge is 2.64. The second kappa shape index (κ2) is 9.86. The smallest absolute Gasteiger partial charge is 0.429 e. The first-order valence-electron chi connectivity index (χ1n) is 10.2. The van der Waals surface area contributed by atoms with Gasteiger partial charge >= 0.3 is 12.1 Å². The molecule has 0 bridgehead atoms. The van der Waals surface area contributed by atoms with Crippen molar-refractivity contribution in [2.75, 3.05) is 14.2 Å². The number of carbonyl (C=O) groups is 2. The number of halogens is 3. The monoisotopic (exact) mass is 480 g/mol. The van der Waals surface area contributed by atoms with Crippen molar-refractivity contribution in [3.8, 4) is 0 Å². The van der Waals surface area contributed by atoms with Crippen molar-refractivity contribution < 1.29 is 46.8 Å². The lowest BCUT2D eigenvalue weighted by atomic mass is 9.78. The molecule has 3 unspecified atom stereocenters. The minimum atomic E-state index is -5.14. The summed E-state index contributed by atoms with van der Waals surface area (Å²) in [5, 5.41) is 10.9. The van der Waals surface area contributed by atoms with E-state index in [1.807, 2.05) is 0 Å². The van der Waals surface area contributed by atoms with Gasteiger partial charge in [0.25, 0.3) is 0 Å². The topological polar surface area (TPSA) is 91.3 Å². The molecule has 1 aliphatic carbocycles. The summed E-state index contributed by atoms with van der Waals surface area (Å²) in [4.78, 5) is 25.0. The summed E-state index contributed by atoms with van der Waals surface area (Å²) in [7, 11) is 1.93. The number of hydrogen-bond acceptors (Lipinski definition) is 7. The normalized spacial score (nSPS) is 20.9. The lowest BCUT2D eigenvalue weighted by Gasteiger charge is -2.36. The Hall–Kier alpha value is -3.37. The average Bonchev–Trinajstić information content (AvgIpc) is 2.83. The molecule has 34 heavy (non-hydrogen) atoms. The van der Waals surface area contributed by atoms with E-state index in [4.69, 9.17) is 14.2 Å². The van der Waals surface area contributed by atoms with Crippen molar-refractivity contribution in [3.05, 3.63) is 83.2 Å². The number of aliphatic hydroxyl groups excluding tert-OH is 1. The number of allylic oxidation sites excluding steroid dienone is 3. The van der Waals surface area contributed by atoms with Crippen molar-refractivity contribution >= 4 is 11.8 Å². The first kappa shape index (κ1) is 25.3. The van der Waals surface area contributed by atoms with Gasteiger partial charge in [0, 0.05) is 18.6 Å². The molecule has 3 atom stereocenters.